The Balaban J connectivity index is 0.731. The Morgan fingerprint density at radius 2 is 1.53 bits per heavy atom. The molecule has 5 fully saturated rings. The number of aliphatic hydroxyl groups is 1. The van der Waals surface area contributed by atoms with Crippen molar-refractivity contribution in [2.45, 2.75) is 108 Å². The van der Waals surface area contributed by atoms with E-state index in [-0.39, 0.29) is 47.5 Å². The maximum Gasteiger partial charge on any atom is 0.419 e. The van der Waals surface area contributed by atoms with Gasteiger partial charge in [0.05, 0.1) is 30.0 Å². The van der Waals surface area contributed by atoms with Crippen LogP contribution in [0.25, 0.3) is 11.3 Å². The number of benzene rings is 1. The van der Waals surface area contributed by atoms with Crippen LogP contribution in [0.3, 0.4) is 0 Å². The molecular formula is C43H59F3N10O3S. The van der Waals surface area contributed by atoms with Crippen molar-refractivity contribution in [3.05, 3.63) is 54.0 Å². The van der Waals surface area contributed by atoms with Gasteiger partial charge < -0.3 is 20.2 Å². The number of likely N-dealkylation sites (tertiary alicyclic amines) is 1. The summed E-state index contributed by atoms with van der Waals surface area (Å²) in [4.78, 5) is 37.5. The number of carbonyl (C=O) groups is 2. The molecule has 5 saturated heterocycles. The van der Waals surface area contributed by atoms with E-state index in [0.29, 0.717) is 18.3 Å². The molecule has 8 rings (SSSR count). The molecule has 326 valence electrons. The SMILES string of the molecule is CC(C)(O)Cn1cc(-c2nc(NC3CCN(SN4CCC(CN5CCC6(CC5)CCN(c5ccc(C7CCC(=O)NC7=O)cc5)CC6)CC4)CC3)ncc2C(F)(F)F)cn1. The van der Waals surface area contributed by atoms with Gasteiger partial charge in [0.15, 0.2) is 0 Å². The molecule has 5 aliphatic heterocycles. The van der Waals surface area contributed by atoms with Crippen LogP contribution >= 0.6 is 12.1 Å². The van der Waals surface area contributed by atoms with Gasteiger partial charge in [-0.05, 0) is 114 Å². The van der Waals surface area contributed by atoms with Crippen molar-refractivity contribution < 1.29 is 27.9 Å². The van der Waals surface area contributed by atoms with Gasteiger partial charge in [-0.3, -0.25) is 19.6 Å². The third-order valence-corrected chi connectivity index (χ3v) is 14.5. The fraction of sp³-hybridized carbons (Fsp3) is 0.651. The maximum absolute atomic E-state index is 13.9. The Hall–Kier alpha value is -3.77. The molecule has 1 aromatic carbocycles. The van der Waals surface area contributed by atoms with Crippen LogP contribution in [0, 0.1) is 11.3 Å². The highest BCUT2D eigenvalue weighted by atomic mass is 32.2. The monoisotopic (exact) mass is 852 g/mol. The van der Waals surface area contributed by atoms with Gasteiger partial charge in [0.25, 0.3) is 0 Å². The molecule has 7 heterocycles. The highest BCUT2D eigenvalue weighted by molar-refractivity contribution is 7.94. The highest BCUT2D eigenvalue weighted by Gasteiger charge is 2.39. The summed E-state index contributed by atoms with van der Waals surface area (Å²) >= 11 is 1.84. The van der Waals surface area contributed by atoms with E-state index in [1.165, 1.54) is 80.9 Å². The van der Waals surface area contributed by atoms with E-state index in [4.69, 9.17) is 0 Å². The Kier molecular flexibility index (Phi) is 12.8. The molecule has 3 N–H and O–H groups in total. The van der Waals surface area contributed by atoms with Gasteiger partial charge >= 0.3 is 6.18 Å². The molecule has 2 amide bonds. The Morgan fingerprint density at radius 1 is 0.883 bits per heavy atom. The van der Waals surface area contributed by atoms with E-state index in [1.807, 2.05) is 12.1 Å². The first-order valence-corrected chi connectivity index (χ1v) is 22.4. The molecule has 17 heteroatoms. The van der Waals surface area contributed by atoms with E-state index in [0.717, 1.165) is 69.8 Å². The van der Waals surface area contributed by atoms with Crippen molar-refractivity contribution in [2.75, 3.05) is 69.1 Å². The number of rotatable bonds is 11. The number of alkyl halides is 3. The third-order valence-electron chi connectivity index (χ3n) is 13.3. The Bertz CT molecular complexity index is 1940. The second kappa shape index (κ2) is 17.9. The molecule has 1 spiro atoms. The lowest BCUT2D eigenvalue weighted by Crippen LogP contribution is -2.48. The van der Waals surface area contributed by atoms with Crippen molar-refractivity contribution in [1.29, 1.82) is 0 Å². The lowest BCUT2D eigenvalue weighted by atomic mass is 9.71. The molecule has 1 atom stereocenters. The molecule has 13 nitrogen and oxygen atoms in total. The number of nitrogens with one attached hydrogen (secondary N) is 2. The van der Waals surface area contributed by atoms with Gasteiger partial charge in [0.2, 0.25) is 17.8 Å². The number of hydrogen-bond acceptors (Lipinski definition) is 12. The zero-order valence-corrected chi connectivity index (χ0v) is 35.6. The third kappa shape index (κ3) is 10.6. The van der Waals surface area contributed by atoms with Crippen molar-refractivity contribution in [2.24, 2.45) is 11.3 Å². The topological polar surface area (TPSA) is 135 Å². The molecule has 60 heavy (non-hydrogen) atoms. The summed E-state index contributed by atoms with van der Waals surface area (Å²) in [5.41, 5.74) is 0.656. The number of imide groups is 1. The first-order valence-electron chi connectivity index (χ1n) is 21.7. The average molecular weight is 853 g/mol. The lowest BCUT2D eigenvalue weighted by Gasteiger charge is -2.48. The normalized spacial score (nSPS) is 23.3. The fourth-order valence-electron chi connectivity index (χ4n) is 9.69. The molecule has 2 aromatic heterocycles. The molecule has 3 aromatic rings. The zero-order chi connectivity index (χ0) is 42.1. The van der Waals surface area contributed by atoms with Crippen LogP contribution in [0.15, 0.2) is 42.9 Å². The second-order valence-corrected chi connectivity index (χ2v) is 19.6. The van der Waals surface area contributed by atoms with E-state index in [1.54, 1.807) is 13.8 Å². The molecule has 0 saturated carbocycles. The van der Waals surface area contributed by atoms with Gasteiger partial charge in [0, 0.05) is 94.1 Å². The van der Waals surface area contributed by atoms with Crippen LogP contribution in [0.1, 0.15) is 95.1 Å². The van der Waals surface area contributed by atoms with Crippen LogP contribution in [0.4, 0.5) is 24.8 Å². The van der Waals surface area contributed by atoms with Gasteiger partial charge in [-0.2, -0.15) is 18.3 Å². The van der Waals surface area contributed by atoms with Crippen molar-refractivity contribution in [3.8, 4) is 11.3 Å². The van der Waals surface area contributed by atoms with E-state index in [9.17, 15) is 27.9 Å². The zero-order valence-electron chi connectivity index (χ0n) is 34.8. The maximum atomic E-state index is 13.9. The number of carbonyl (C=O) groups excluding carboxylic acids is 2. The number of halogens is 3. The average Bonchev–Trinajstić information content (AvgIpc) is 3.67. The van der Waals surface area contributed by atoms with Crippen molar-refractivity contribution >= 4 is 35.6 Å². The number of piperidine rings is 5. The van der Waals surface area contributed by atoms with E-state index in [2.05, 4.69) is 68.4 Å². The number of aromatic nitrogens is 4. The van der Waals surface area contributed by atoms with Crippen molar-refractivity contribution in [3.63, 3.8) is 0 Å². The van der Waals surface area contributed by atoms with Gasteiger partial charge in [-0.15, -0.1) is 0 Å². The number of anilines is 2. The van der Waals surface area contributed by atoms with Crippen LogP contribution in [-0.4, -0.2) is 121 Å². The van der Waals surface area contributed by atoms with Crippen LogP contribution in [0.2, 0.25) is 0 Å². The van der Waals surface area contributed by atoms with Crippen LogP contribution in [-0.2, 0) is 22.3 Å². The van der Waals surface area contributed by atoms with E-state index >= 15 is 0 Å². The second-order valence-electron chi connectivity index (χ2n) is 18.4. The number of nitrogens with zero attached hydrogens (tertiary/aromatic N) is 8. The fourth-order valence-corrected chi connectivity index (χ4v) is 10.8. The Morgan fingerprint density at radius 3 is 2.17 bits per heavy atom. The summed E-state index contributed by atoms with van der Waals surface area (Å²) in [6.45, 7) is 12.9. The van der Waals surface area contributed by atoms with Gasteiger partial charge in [-0.1, -0.05) is 12.1 Å². The van der Waals surface area contributed by atoms with Gasteiger partial charge in [0.1, 0.15) is 5.56 Å². The summed E-state index contributed by atoms with van der Waals surface area (Å²) < 4.78 is 48.1. The number of amides is 2. The van der Waals surface area contributed by atoms with E-state index < -0.39 is 17.3 Å². The predicted molar refractivity (Wildman–Crippen MR) is 226 cm³/mol. The summed E-state index contributed by atoms with van der Waals surface area (Å²) in [6, 6.07) is 8.47. The molecule has 0 aliphatic carbocycles. The highest BCUT2D eigenvalue weighted by Crippen LogP contribution is 2.43. The number of hydrogen-bond donors (Lipinski definition) is 3. The molecule has 0 radical (unpaired) electrons. The summed E-state index contributed by atoms with van der Waals surface area (Å²) in [5, 5.41) is 20.1. The summed E-state index contributed by atoms with van der Waals surface area (Å²) in [7, 11) is 0. The smallest absolute Gasteiger partial charge is 0.389 e. The summed E-state index contributed by atoms with van der Waals surface area (Å²) in [6.07, 6.45) is 9.08. The largest absolute Gasteiger partial charge is 0.419 e. The van der Waals surface area contributed by atoms with Crippen LogP contribution in [0.5, 0.6) is 0 Å². The quantitative estimate of drug-likeness (QED) is 0.150. The first kappa shape index (κ1) is 42.9. The first-order chi connectivity index (χ1) is 28.7. The molecule has 1 unspecified atom stereocenters. The standard InChI is InChI=1S/C43H59F3N10O3S/c1-41(2,59)29-54-28-32(25-48-54)38-36(43(44,45)46)26-47-40(51-38)49-33-11-19-56(20-12-33)60-55-17-9-30(10-18-55)27-52-21-13-42(14-22-52)15-23-53(24-16-42)34-5-3-31(4-6-34)35-7-8-37(57)50-39(35)58/h3-6,25-26,28,30,33,35,59H,7-24,27,29H2,1-2H3,(H,47,49,51)(H,50,57,58). The molecule has 5 aliphatic rings. The predicted octanol–water partition coefficient (Wildman–Crippen LogP) is 6.18. The van der Waals surface area contributed by atoms with Crippen LogP contribution < -0.4 is 15.5 Å². The minimum Gasteiger partial charge on any atom is -0.389 e. The van der Waals surface area contributed by atoms with Gasteiger partial charge in [-0.25, -0.2) is 18.6 Å². The minimum absolute atomic E-state index is 0.0530. The molecular weight excluding hydrogens is 794 g/mol. The lowest BCUT2D eigenvalue weighted by molar-refractivity contribution is -0.137. The van der Waals surface area contributed by atoms with Crippen molar-refractivity contribution in [1.82, 2.24) is 38.6 Å². The molecule has 0 bridgehead atoms. The Labute approximate surface area is 355 Å². The minimum atomic E-state index is -4.62. The summed E-state index contributed by atoms with van der Waals surface area (Å²) in [5.74, 6) is 0.290.